The minimum absolute atomic E-state index is 0.0779. The largest absolute Gasteiger partial charge is 0.497 e. The van der Waals surface area contributed by atoms with Gasteiger partial charge in [0.2, 0.25) is 0 Å². The van der Waals surface area contributed by atoms with E-state index in [-0.39, 0.29) is 11.8 Å². The van der Waals surface area contributed by atoms with Crippen LogP contribution < -0.4 is 14.8 Å². The Labute approximate surface area is 199 Å². The third-order valence-corrected chi connectivity index (χ3v) is 5.84. The number of carbonyl (C=O) groups excluding carboxylic acids is 2. The van der Waals surface area contributed by atoms with Gasteiger partial charge in [0.1, 0.15) is 18.1 Å². The fourth-order valence-corrected chi connectivity index (χ4v) is 3.87. The van der Waals surface area contributed by atoms with Crippen LogP contribution in [0.2, 0.25) is 0 Å². The lowest BCUT2D eigenvalue weighted by Gasteiger charge is -2.35. The lowest BCUT2D eigenvalue weighted by atomic mass is 10.1. The third-order valence-electron chi connectivity index (χ3n) is 5.84. The molecule has 34 heavy (non-hydrogen) atoms. The molecular weight excluding hydrogens is 430 g/mol. The number of benzene rings is 3. The van der Waals surface area contributed by atoms with Crippen LogP contribution in [0.5, 0.6) is 11.5 Å². The average Bonchev–Trinajstić information content (AvgIpc) is 2.89. The SMILES string of the molecule is COc1ccc(C(=O)Nc2ccccc2C(=O)N2CCN(CCOc3ccccc3)CC2)cc1. The van der Waals surface area contributed by atoms with Gasteiger partial charge in [-0.3, -0.25) is 14.5 Å². The van der Waals surface area contributed by atoms with Crippen molar-refractivity contribution in [2.75, 3.05) is 51.8 Å². The summed E-state index contributed by atoms with van der Waals surface area (Å²) in [5, 5.41) is 2.88. The molecule has 0 radical (unpaired) electrons. The van der Waals surface area contributed by atoms with E-state index in [0.29, 0.717) is 42.3 Å². The van der Waals surface area contributed by atoms with Gasteiger partial charge < -0.3 is 19.7 Å². The summed E-state index contributed by atoms with van der Waals surface area (Å²) in [6.45, 7) is 4.24. The Hall–Kier alpha value is -3.84. The topological polar surface area (TPSA) is 71.1 Å². The molecule has 0 saturated carbocycles. The molecule has 1 aliphatic rings. The molecule has 0 bridgehead atoms. The van der Waals surface area contributed by atoms with E-state index < -0.39 is 0 Å². The monoisotopic (exact) mass is 459 g/mol. The third kappa shape index (κ3) is 5.94. The van der Waals surface area contributed by atoms with Crippen LogP contribution in [0.25, 0.3) is 0 Å². The van der Waals surface area contributed by atoms with Crippen molar-refractivity contribution in [3.63, 3.8) is 0 Å². The first kappa shape index (κ1) is 23.3. The minimum Gasteiger partial charge on any atom is -0.497 e. The first-order chi connectivity index (χ1) is 16.6. The summed E-state index contributed by atoms with van der Waals surface area (Å²) in [5.41, 5.74) is 1.49. The summed E-state index contributed by atoms with van der Waals surface area (Å²) < 4.78 is 10.9. The van der Waals surface area contributed by atoms with Gasteiger partial charge in [-0.15, -0.1) is 0 Å². The number of carbonyl (C=O) groups is 2. The Balaban J connectivity index is 1.31. The molecule has 3 aromatic carbocycles. The highest BCUT2D eigenvalue weighted by molar-refractivity contribution is 6.09. The zero-order valence-corrected chi connectivity index (χ0v) is 19.3. The molecule has 0 unspecified atom stereocenters. The molecule has 1 fully saturated rings. The molecule has 1 aliphatic heterocycles. The van der Waals surface area contributed by atoms with Crippen LogP contribution in [0.3, 0.4) is 0 Å². The van der Waals surface area contributed by atoms with Crippen LogP contribution in [-0.4, -0.2) is 68.1 Å². The molecule has 0 atom stereocenters. The first-order valence-corrected chi connectivity index (χ1v) is 11.4. The normalized spacial score (nSPS) is 13.9. The number of hydrogen-bond acceptors (Lipinski definition) is 5. The molecule has 0 aliphatic carbocycles. The van der Waals surface area contributed by atoms with Crippen LogP contribution in [0.1, 0.15) is 20.7 Å². The molecule has 2 amide bonds. The minimum atomic E-state index is -0.272. The van der Waals surface area contributed by atoms with Gasteiger partial charge in [-0.05, 0) is 48.5 Å². The zero-order chi connectivity index (χ0) is 23.8. The maximum absolute atomic E-state index is 13.2. The molecule has 4 rings (SSSR count). The lowest BCUT2D eigenvalue weighted by Crippen LogP contribution is -2.49. The van der Waals surface area contributed by atoms with Gasteiger partial charge in [0.15, 0.2) is 0 Å². The molecule has 3 aromatic rings. The van der Waals surface area contributed by atoms with Crippen molar-refractivity contribution in [3.8, 4) is 11.5 Å². The zero-order valence-electron chi connectivity index (χ0n) is 19.3. The van der Waals surface area contributed by atoms with Gasteiger partial charge in [-0.2, -0.15) is 0 Å². The van der Waals surface area contributed by atoms with E-state index in [9.17, 15) is 9.59 Å². The molecule has 7 nitrogen and oxygen atoms in total. The summed E-state index contributed by atoms with van der Waals surface area (Å²) in [4.78, 5) is 30.1. The second kappa shape index (κ2) is 11.3. The molecular formula is C27H29N3O4. The maximum atomic E-state index is 13.2. The van der Waals surface area contributed by atoms with Gasteiger partial charge >= 0.3 is 0 Å². The molecule has 7 heteroatoms. The van der Waals surface area contributed by atoms with E-state index >= 15 is 0 Å². The molecule has 176 valence electrons. The fourth-order valence-electron chi connectivity index (χ4n) is 3.87. The van der Waals surface area contributed by atoms with Crippen LogP contribution >= 0.6 is 0 Å². The van der Waals surface area contributed by atoms with Crippen molar-refractivity contribution in [2.45, 2.75) is 0 Å². The molecule has 1 N–H and O–H groups in total. The van der Waals surface area contributed by atoms with E-state index in [4.69, 9.17) is 9.47 Å². The van der Waals surface area contributed by atoms with Crippen molar-refractivity contribution in [1.82, 2.24) is 9.80 Å². The van der Waals surface area contributed by atoms with Crippen molar-refractivity contribution in [3.05, 3.63) is 90.0 Å². The van der Waals surface area contributed by atoms with E-state index in [2.05, 4.69) is 10.2 Å². The highest BCUT2D eigenvalue weighted by Gasteiger charge is 2.24. The maximum Gasteiger partial charge on any atom is 0.256 e. The van der Waals surface area contributed by atoms with E-state index in [1.54, 1.807) is 43.5 Å². The highest BCUT2D eigenvalue weighted by Crippen LogP contribution is 2.20. The molecule has 1 saturated heterocycles. The van der Waals surface area contributed by atoms with Gasteiger partial charge in [0.05, 0.1) is 18.4 Å². The Morgan fingerprint density at radius 1 is 0.824 bits per heavy atom. The smallest absolute Gasteiger partial charge is 0.256 e. The molecule has 1 heterocycles. The van der Waals surface area contributed by atoms with Crippen molar-refractivity contribution in [1.29, 1.82) is 0 Å². The number of hydrogen-bond donors (Lipinski definition) is 1. The average molecular weight is 460 g/mol. The standard InChI is InChI=1S/C27H29N3O4/c1-33-22-13-11-21(12-14-22)26(31)28-25-10-6-5-9-24(25)27(32)30-17-15-29(16-18-30)19-20-34-23-7-3-2-4-8-23/h2-14H,15-20H2,1H3,(H,28,31). The van der Waals surface area contributed by atoms with Gasteiger partial charge in [-0.25, -0.2) is 0 Å². The number of methoxy groups -OCH3 is 1. The predicted octanol–water partition coefficient (Wildman–Crippen LogP) is 3.78. The predicted molar refractivity (Wildman–Crippen MR) is 132 cm³/mol. The number of amides is 2. The summed E-state index contributed by atoms with van der Waals surface area (Å²) >= 11 is 0. The number of ether oxygens (including phenoxy) is 2. The van der Waals surface area contributed by atoms with Crippen LogP contribution in [-0.2, 0) is 0 Å². The van der Waals surface area contributed by atoms with Crippen LogP contribution in [0.4, 0.5) is 5.69 Å². The summed E-state index contributed by atoms with van der Waals surface area (Å²) in [5.74, 6) is 1.19. The highest BCUT2D eigenvalue weighted by atomic mass is 16.5. The van der Waals surface area contributed by atoms with Gasteiger partial charge in [-0.1, -0.05) is 30.3 Å². The van der Waals surface area contributed by atoms with E-state index in [1.807, 2.05) is 47.4 Å². The lowest BCUT2D eigenvalue weighted by molar-refractivity contribution is 0.0621. The summed E-state index contributed by atoms with van der Waals surface area (Å²) in [6.07, 6.45) is 0. The second-order valence-electron chi connectivity index (χ2n) is 8.02. The van der Waals surface area contributed by atoms with Crippen molar-refractivity contribution < 1.29 is 19.1 Å². The second-order valence-corrected chi connectivity index (χ2v) is 8.02. The Bertz CT molecular complexity index is 1090. The molecule has 0 aromatic heterocycles. The first-order valence-electron chi connectivity index (χ1n) is 11.4. The van der Waals surface area contributed by atoms with Gasteiger partial charge in [0.25, 0.3) is 11.8 Å². The summed E-state index contributed by atoms with van der Waals surface area (Å²) in [7, 11) is 1.58. The number of piperazine rings is 1. The quantitative estimate of drug-likeness (QED) is 0.555. The number of rotatable bonds is 8. The van der Waals surface area contributed by atoms with Crippen LogP contribution in [0.15, 0.2) is 78.9 Å². The van der Waals surface area contributed by atoms with Gasteiger partial charge in [0, 0.05) is 38.3 Å². The van der Waals surface area contributed by atoms with Crippen molar-refractivity contribution >= 4 is 17.5 Å². The van der Waals surface area contributed by atoms with E-state index in [1.165, 1.54) is 0 Å². The number of nitrogens with one attached hydrogen (secondary N) is 1. The number of para-hydroxylation sites is 2. The van der Waals surface area contributed by atoms with E-state index in [0.717, 1.165) is 25.4 Å². The van der Waals surface area contributed by atoms with Crippen LogP contribution in [0, 0.1) is 0 Å². The Morgan fingerprint density at radius 3 is 2.21 bits per heavy atom. The fraction of sp³-hybridized carbons (Fsp3) is 0.259. The van der Waals surface area contributed by atoms with Crippen molar-refractivity contribution in [2.24, 2.45) is 0 Å². The Morgan fingerprint density at radius 2 is 1.50 bits per heavy atom. The number of nitrogens with zero attached hydrogens (tertiary/aromatic N) is 2. The molecule has 0 spiro atoms. The Kier molecular flexibility index (Phi) is 7.78. The number of anilines is 1. The summed E-state index contributed by atoms with van der Waals surface area (Å²) in [6, 6.07) is 23.8.